The monoisotopic (exact) mass is 1850 g/mol. The molecule has 30 nitrogen and oxygen atoms in total. The van der Waals surface area contributed by atoms with Gasteiger partial charge in [0.2, 0.25) is 0 Å². The number of aryl methyl sites for hydroxylation is 2. The zero-order valence-corrected chi connectivity index (χ0v) is 79.3. The van der Waals surface area contributed by atoms with Gasteiger partial charge in [0.05, 0.1) is 311 Å². The van der Waals surface area contributed by atoms with Gasteiger partial charge in [-0.1, -0.05) is 54.1 Å². The van der Waals surface area contributed by atoms with Crippen molar-refractivity contribution in [3.63, 3.8) is 0 Å². The van der Waals surface area contributed by atoms with Crippen molar-refractivity contribution in [3.05, 3.63) is 114 Å². The first kappa shape index (κ1) is 110. The van der Waals surface area contributed by atoms with Crippen LogP contribution in [-0.2, 0) is 118 Å². The van der Waals surface area contributed by atoms with E-state index in [1.807, 2.05) is 20.8 Å². The Hall–Kier alpha value is -6.27. The van der Waals surface area contributed by atoms with Crippen molar-refractivity contribution in [1.82, 2.24) is 5.32 Å². The summed E-state index contributed by atoms with van der Waals surface area (Å²) in [5, 5.41) is 7.10. The number of methoxy groups -OCH3 is 2. The van der Waals surface area contributed by atoms with Crippen LogP contribution in [0.1, 0.15) is 57.6 Å². The first-order chi connectivity index (χ1) is 63.5. The highest BCUT2D eigenvalue weighted by Crippen LogP contribution is 2.48. The standard InChI is InChI=1S/C97H147NO29S2/c1-79-12-17-84-81(76-79)15-20-87(124-30-10-27-102-36-38-106-44-46-110-52-54-114-60-62-118-68-70-122-74-72-120-66-64-116-58-56-112-50-48-108-42-40-104-34-32-100-6)94(84)95-85-19-14-83(90-22-24-92(128-90)93-25-23-91(129-93)86-18-13-80(2)77-89(86)126-29-9-8-26-98-96(99)127-97(3,4)5)78-82(85)16-21-88(95)125-31-11-28-103-37-39-107-45-47-111-53-55-115-61-63-119-69-71-123-75-73-121-67-65-117-59-57-113-51-49-109-43-41-105-35-33-101-7/h12-25,76-78H,8-11,26-75H2,1-7H3,(H,98,99). The highest BCUT2D eigenvalue weighted by molar-refractivity contribution is 7.25. The molecule has 0 aliphatic heterocycles. The molecule has 1 N–H and O–H groups in total. The van der Waals surface area contributed by atoms with Crippen LogP contribution in [-0.4, -0.2) is 356 Å². The quantitative estimate of drug-likeness (QED) is 0.0347. The number of unbranched alkanes of at least 4 members (excludes halogenated alkanes) is 1. The highest BCUT2D eigenvalue weighted by Gasteiger charge is 2.22. The van der Waals surface area contributed by atoms with E-state index in [-0.39, 0.29) is 0 Å². The molecular formula is C97H147NO29S2. The van der Waals surface area contributed by atoms with Gasteiger partial charge in [0, 0.05) is 83.0 Å². The number of hydrogen-bond donors (Lipinski definition) is 1. The van der Waals surface area contributed by atoms with Gasteiger partial charge < -0.3 is 138 Å². The number of fused-ring (bicyclic) bond motifs is 2. The lowest BCUT2D eigenvalue weighted by atomic mass is 9.91. The number of rotatable bonds is 86. The molecule has 7 rings (SSSR count). The van der Waals surface area contributed by atoms with E-state index in [4.69, 9.17) is 133 Å². The summed E-state index contributed by atoms with van der Waals surface area (Å²) in [5.74, 6) is 2.35. The van der Waals surface area contributed by atoms with Gasteiger partial charge in [0.15, 0.2) is 0 Å². The van der Waals surface area contributed by atoms with Crippen LogP contribution in [0.25, 0.3) is 63.3 Å². The van der Waals surface area contributed by atoms with Gasteiger partial charge in [0.25, 0.3) is 0 Å². The average Bonchev–Trinajstić information content (AvgIpc) is 1.46. The lowest BCUT2D eigenvalue weighted by Crippen LogP contribution is -2.33. The SMILES string of the molecule is COCCOCCOCCOCCOCCOCCOCCOCCOCCOCCOCCOCCCOc1ccc2cc(C)ccc2c1-c1c(OCCCOCCOCCOCCOCCOCCOCCOCCOCCOCCOCCOCCOC)ccc2cc(-c3ccc(-c4ccc(-c5ccc(C)cc5OCCCCNC(=O)OC(C)(C)C)s4)s3)ccc12. The normalized spacial score (nSPS) is 11.8. The molecular weight excluding hydrogens is 1710 g/mol. The molecule has 0 aliphatic carbocycles. The third-order valence-corrected chi connectivity index (χ3v) is 21.1. The predicted octanol–water partition coefficient (Wildman–Crippen LogP) is 14.3. The molecule has 0 fully saturated rings. The molecule has 0 unspecified atom stereocenters. The third-order valence-electron chi connectivity index (χ3n) is 18.7. The summed E-state index contributed by atoms with van der Waals surface area (Å²) in [5.41, 5.74) is 5.82. The summed E-state index contributed by atoms with van der Waals surface area (Å²) in [7, 11) is 3.29. The van der Waals surface area contributed by atoms with Crippen LogP contribution < -0.4 is 19.5 Å². The number of amides is 1. The number of benzene rings is 5. The second kappa shape index (κ2) is 73.2. The zero-order valence-electron chi connectivity index (χ0n) is 77.7. The summed E-state index contributed by atoms with van der Waals surface area (Å²) in [6.45, 7) is 34.1. The van der Waals surface area contributed by atoms with E-state index in [1.54, 1.807) is 36.9 Å². The van der Waals surface area contributed by atoms with Gasteiger partial charge in [0.1, 0.15) is 22.8 Å². The summed E-state index contributed by atoms with van der Waals surface area (Å²) in [4.78, 5) is 16.8. The number of thiophene rings is 2. The Labute approximate surface area is 772 Å². The maximum atomic E-state index is 12.2. The van der Waals surface area contributed by atoms with Gasteiger partial charge in [-0.15, -0.1) is 22.7 Å². The Balaban J connectivity index is 0.793. The average molecular weight is 1860 g/mol. The minimum absolute atomic E-state index is 0.409. The van der Waals surface area contributed by atoms with Crippen molar-refractivity contribution >= 4 is 50.3 Å². The number of carbonyl (C=O) groups excluding carboxylic acids is 1. The molecule has 0 radical (unpaired) electrons. The molecule has 1 amide bonds. The fraction of sp³-hybridized carbons (Fsp3) is 0.639. The number of alkyl carbamates (subject to hydrolysis) is 1. The molecule has 0 aliphatic rings. The summed E-state index contributed by atoms with van der Waals surface area (Å²) in [6.07, 6.45) is 2.46. The lowest BCUT2D eigenvalue weighted by molar-refractivity contribution is -0.0280. The van der Waals surface area contributed by atoms with Crippen LogP contribution in [0.5, 0.6) is 17.2 Å². The van der Waals surface area contributed by atoms with Crippen LogP contribution >= 0.6 is 22.7 Å². The van der Waals surface area contributed by atoms with Crippen molar-refractivity contribution in [2.24, 2.45) is 0 Å². The largest absolute Gasteiger partial charge is 0.493 e. The van der Waals surface area contributed by atoms with Crippen LogP contribution in [0.4, 0.5) is 4.79 Å². The fourth-order valence-corrected chi connectivity index (χ4v) is 14.5. The molecule has 129 heavy (non-hydrogen) atoms. The number of nitrogens with one attached hydrogen (secondary N) is 1. The topological polar surface area (TPSA) is 288 Å². The summed E-state index contributed by atoms with van der Waals surface area (Å²) in [6, 6.07) is 36.9. The Morgan fingerprint density at radius 1 is 0.271 bits per heavy atom. The van der Waals surface area contributed by atoms with Crippen molar-refractivity contribution in [2.45, 2.75) is 65.9 Å². The number of carbonyl (C=O) groups is 1. The first-order valence-electron chi connectivity index (χ1n) is 45.5. The van der Waals surface area contributed by atoms with Crippen LogP contribution in [0.2, 0.25) is 0 Å². The number of ether oxygens (including phenoxy) is 28. The van der Waals surface area contributed by atoms with E-state index in [9.17, 15) is 4.79 Å². The second-order valence-electron chi connectivity index (χ2n) is 30.2. The minimum Gasteiger partial charge on any atom is -0.493 e. The molecule has 0 saturated heterocycles. The van der Waals surface area contributed by atoms with Crippen LogP contribution in [0, 0.1) is 13.8 Å². The molecule has 0 bridgehead atoms. The van der Waals surface area contributed by atoms with Gasteiger partial charge in [-0.25, -0.2) is 4.79 Å². The number of hydrogen-bond acceptors (Lipinski definition) is 31. The van der Waals surface area contributed by atoms with E-state index in [2.05, 4.69) is 122 Å². The second-order valence-corrected chi connectivity index (χ2v) is 32.4. The Morgan fingerprint density at radius 3 is 0.915 bits per heavy atom. The molecule has 2 aromatic heterocycles. The Bertz CT molecular complexity index is 3920. The maximum Gasteiger partial charge on any atom is 0.407 e. The predicted molar refractivity (Wildman–Crippen MR) is 499 cm³/mol. The smallest absolute Gasteiger partial charge is 0.407 e. The molecule has 5 aromatic carbocycles. The van der Waals surface area contributed by atoms with E-state index in [1.165, 1.54) is 9.75 Å². The van der Waals surface area contributed by atoms with E-state index in [0.29, 0.717) is 343 Å². The van der Waals surface area contributed by atoms with E-state index >= 15 is 0 Å². The fourth-order valence-electron chi connectivity index (χ4n) is 12.3. The van der Waals surface area contributed by atoms with Gasteiger partial charge in [-0.3, -0.25) is 0 Å². The van der Waals surface area contributed by atoms with Gasteiger partial charge in [-0.05, 0) is 135 Å². The molecule has 7 aromatic rings. The summed E-state index contributed by atoms with van der Waals surface area (Å²) >= 11 is 3.53. The third kappa shape index (κ3) is 51.1. The first-order valence-corrected chi connectivity index (χ1v) is 47.1. The zero-order chi connectivity index (χ0) is 91.0. The van der Waals surface area contributed by atoms with Gasteiger partial charge >= 0.3 is 6.09 Å². The van der Waals surface area contributed by atoms with Crippen molar-refractivity contribution < 1.29 is 137 Å². The van der Waals surface area contributed by atoms with Crippen LogP contribution in [0.15, 0.2) is 103 Å². The molecule has 32 heteroatoms. The Kier molecular flexibility index (Phi) is 62.2. The van der Waals surface area contributed by atoms with Crippen molar-refractivity contribution in [1.29, 1.82) is 0 Å². The molecule has 2 heterocycles. The Morgan fingerprint density at radius 2 is 0.558 bits per heavy atom. The molecule has 0 atom stereocenters. The van der Waals surface area contributed by atoms with Crippen molar-refractivity contribution in [2.75, 3.05) is 345 Å². The molecule has 0 saturated carbocycles. The minimum atomic E-state index is -0.544. The van der Waals surface area contributed by atoms with Crippen molar-refractivity contribution in [3.8, 4) is 59.0 Å². The van der Waals surface area contributed by atoms with Gasteiger partial charge in [-0.2, -0.15) is 0 Å². The van der Waals surface area contributed by atoms with E-state index in [0.717, 1.165) is 94.8 Å². The highest BCUT2D eigenvalue weighted by atomic mass is 32.1. The lowest BCUT2D eigenvalue weighted by Gasteiger charge is -2.20. The van der Waals surface area contributed by atoms with E-state index < -0.39 is 11.7 Å². The summed E-state index contributed by atoms with van der Waals surface area (Å²) < 4.78 is 159. The van der Waals surface area contributed by atoms with Crippen LogP contribution in [0.3, 0.4) is 0 Å². The maximum absolute atomic E-state index is 12.2. The molecule has 726 valence electrons. The molecule has 0 spiro atoms.